The summed E-state index contributed by atoms with van der Waals surface area (Å²) in [5, 5.41) is 18.6. The van der Waals surface area contributed by atoms with E-state index in [0.717, 1.165) is 62.7 Å². The zero-order chi connectivity index (χ0) is 25.2. The summed E-state index contributed by atoms with van der Waals surface area (Å²) in [6.07, 6.45) is 7.82. The lowest BCUT2D eigenvalue weighted by Gasteiger charge is -2.26. The zero-order valence-corrected chi connectivity index (χ0v) is 21.2. The smallest absolute Gasteiger partial charge is 0.291 e. The number of carbonyl (C=O) groups is 1. The number of rotatable bonds is 8. The normalized spacial score (nSPS) is 23.5. The zero-order valence-electron chi connectivity index (χ0n) is 21.2. The van der Waals surface area contributed by atoms with Crippen LogP contribution in [-0.4, -0.2) is 61.4 Å². The van der Waals surface area contributed by atoms with Crippen molar-refractivity contribution < 1.29 is 18.8 Å². The van der Waals surface area contributed by atoms with Crippen LogP contribution in [0.5, 0.6) is 0 Å². The van der Waals surface area contributed by atoms with Gasteiger partial charge in [0.15, 0.2) is 5.78 Å². The highest BCUT2D eigenvalue weighted by Gasteiger charge is 2.31. The highest BCUT2D eigenvalue weighted by atomic mass is 19.1. The third kappa shape index (κ3) is 5.22. The quantitative estimate of drug-likeness (QED) is 0.460. The molecule has 1 aromatic carbocycles. The second kappa shape index (κ2) is 10.8. The van der Waals surface area contributed by atoms with Crippen LogP contribution in [0.3, 0.4) is 0 Å². The lowest BCUT2D eigenvalue weighted by molar-refractivity contribution is -0.122. The van der Waals surface area contributed by atoms with Crippen molar-refractivity contribution in [2.75, 3.05) is 19.7 Å². The molecular formula is C27H36FN5O3. The highest BCUT2D eigenvalue weighted by Crippen LogP contribution is 2.32. The number of hydrogen-bond donors (Lipinski definition) is 1. The van der Waals surface area contributed by atoms with E-state index in [9.17, 15) is 9.18 Å². The molecule has 3 aromatic rings. The molecule has 194 valence electrons. The molecule has 1 aliphatic carbocycles. The maximum Gasteiger partial charge on any atom is 0.291 e. The van der Waals surface area contributed by atoms with Gasteiger partial charge in [0.1, 0.15) is 17.9 Å². The van der Waals surface area contributed by atoms with Gasteiger partial charge in [-0.15, -0.1) is 0 Å². The molecule has 2 fully saturated rings. The lowest BCUT2D eigenvalue weighted by atomic mass is 9.94. The Labute approximate surface area is 210 Å². The molecule has 3 atom stereocenters. The van der Waals surface area contributed by atoms with Gasteiger partial charge in [-0.2, -0.15) is 14.8 Å². The molecule has 0 spiro atoms. The van der Waals surface area contributed by atoms with Gasteiger partial charge in [0.25, 0.3) is 5.95 Å². The molecule has 1 aliphatic heterocycles. The number of fused-ring (bicyclic) bond motifs is 1. The standard InChI is InChI=1S/C27H36FN5O3/c1-17(2)25-22-7-4-8-23(28)26(22)33(30-25)27-29-24(36-31-27)14-19-11-12-32(15-19)20-6-3-5-18(9-10-20)13-21(35)16-34/h4,7-8,17-20,34H,3,5-6,9-16H2,1-2H3/t18?,19-,20?/m1/s1. The van der Waals surface area contributed by atoms with Gasteiger partial charge in [-0.25, -0.2) is 4.39 Å². The molecule has 9 heteroatoms. The highest BCUT2D eigenvalue weighted by molar-refractivity contribution is 5.84. The molecular weight excluding hydrogens is 461 g/mol. The predicted octanol–water partition coefficient (Wildman–Crippen LogP) is 4.44. The predicted molar refractivity (Wildman–Crippen MR) is 133 cm³/mol. The number of nitrogens with zero attached hydrogens (tertiary/aromatic N) is 5. The molecule has 0 amide bonds. The minimum atomic E-state index is -0.351. The number of aliphatic hydroxyl groups excluding tert-OH is 1. The van der Waals surface area contributed by atoms with Crippen LogP contribution in [0.4, 0.5) is 4.39 Å². The van der Waals surface area contributed by atoms with Crippen molar-refractivity contribution in [2.45, 2.75) is 77.2 Å². The van der Waals surface area contributed by atoms with Crippen LogP contribution < -0.4 is 0 Å². The van der Waals surface area contributed by atoms with Gasteiger partial charge >= 0.3 is 0 Å². The summed E-state index contributed by atoms with van der Waals surface area (Å²) in [6.45, 7) is 5.79. The fourth-order valence-electron chi connectivity index (χ4n) is 6.06. The Hall–Kier alpha value is -2.65. The van der Waals surface area contributed by atoms with Gasteiger partial charge in [-0.05, 0) is 67.6 Å². The Morgan fingerprint density at radius 2 is 2.06 bits per heavy atom. The summed E-state index contributed by atoms with van der Waals surface area (Å²) in [7, 11) is 0. The number of halogens is 1. The van der Waals surface area contributed by atoms with Crippen molar-refractivity contribution in [3.8, 4) is 5.95 Å². The van der Waals surface area contributed by atoms with Crippen LogP contribution in [0, 0.1) is 17.7 Å². The van der Waals surface area contributed by atoms with Crippen LogP contribution in [-0.2, 0) is 11.2 Å². The Bertz CT molecular complexity index is 1210. The Morgan fingerprint density at radius 1 is 1.19 bits per heavy atom. The molecule has 2 unspecified atom stereocenters. The average molecular weight is 498 g/mol. The molecule has 36 heavy (non-hydrogen) atoms. The maximum atomic E-state index is 14.7. The van der Waals surface area contributed by atoms with E-state index >= 15 is 0 Å². The third-order valence-electron chi connectivity index (χ3n) is 7.92. The number of Topliss-reactive ketones (excluding diaryl/α,β-unsaturated/α-hetero) is 1. The van der Waals surface area contributed by atoms with Crippen molar-refractivity contribution in [1.29, 1.82) is 0 Å². The molecule has 1 saturated heterocycles. The van der Waals surface area contributed by atoms with Crippen LogP contribution in [0.25, 0.3) is 16.9 Å². The van der Waals surface area contributed by atoms with Gasteiger partial charge < -0.3 is 14.5 Å². The Balaban J connectivity index is 1.22. The largest absolute Gasteiger partial charge is 0.389 e. The Kier molecular flexibility index (Phi) is 7.48. The molecule has 0 radical (unpaired) electrons. The summed E-state index contributed by atoms with van der Waals surface area (Å²) in [5.41, 5.74) is 1.20. The summed E-state index contributed by atoms with van der Waals surface area (Å²) in [4.78, 5) is 18.8. The molecule has 5 rings (SSSR count). The second-order valence-corrected chi connectivity index (χ2v) is 10.9. The number of aliphatic hydroxyl groups is 1. The topological polar surface area (TPSA) is 97.3 Å². The molecule has 1 N–H and O–H groups in total. The fraction of sp³-hybridized carbons (Fsp3) is 0.630. The first-order valence-corrected chi connectivity index (χ1v) is 13.3. The number of ketones is 1. The van der Waals surface area contributed by atoms with Gasteiger partial charge in [0, 0.05) is 30.8 Å². The van der Waals surface area contributed by atoms with E-state index in [2.05, 4.69) is 20.1 Å². The van der Waals surface area contributed by atoms with E-state index < -0.39 is 0 Å². The first kappa shape index (κ1) is 25.0. The lowest BCUT2D eigenvalue weighted by Crippen LogP contribution is -2.33. The molecule has 2 aliphatic rings. The van der Waals surface area contributed by atoms with E-state index in [-0.39, 0.29) is 30.1 Å². The number of benzene rings is 1. The SMILES string of the molecule is CC(C)c1nn(-c2noc(C[C@H]3CCN(C4CCCC(CC(=O)CO)CC4)C3)n2)c2c(F)cccc12. The number of para-hydroxylation sites is 1. The summed E-state index contributed by atoms with van der Waals surface area (Å²) in [5.74, 6) is 1.43. The number of carbonyl (C=O) groups excluding carboxylic acids is 1. The molecule has 0 bridgehead atoms. The van der Waals surface area contributed by atoms with Crippen molar-refractivity contribution >= 4 is 16.7 Å². The van der Waals surface area contributed by atoms with Gasteiger partial charge in [0.2, 0.25) is 5.89 Å². The minimum Gasteiger partial charge on any atom is -0.389 e. The molecule has 1 saturated carbocycles. The minimum absolute atomic E-state index is 0.0371. The van der Waals surface area contributed by atoms with E-state index in [1.165, 1.54) is 10.7 Å². The number of aromatic nitrogens is 4. The van der Waals surface area contributed by atoms with Crippen LogP contribution in [0.2, 0.25) is 0 Å². The molecule has 8 nitrogen and oxygen atoms in total. The summed E-state index contributed by atoms with van der Waals surface area (Å²) < 4.78 is 21.8. The average Bonchev–Trinajstić information content (AvgIpc) is 3.56. The van der Waals surface area contributed by atoms with E-state index in [1.807, 2.05) is 19.9 Å². The fourth-order valence-corrected chi connectivity index (χ4v) is 6.06. The first-order chi connectivity index (χ1) is 17.4. The van der Waals surface area contributed by atoms with E-state index in [4.69, 9.17) is 9.63 Å². The van der Waals surface area contributed by atoms with E-state index in [0.29, 0.717) is 42.1 Å². The summed E-state index contributed by atoms with van der Waals surface area (Å²) >= 11 is 0. The van der Waals surface area contributed by atoms with Crippen molar-refractivity contribution in [2.24, 2.45) is 11.8 Å². The van der Waals surface area contributed by atoms with Crippen LogP contribution in [0.15, 0.2) is 22.7 Å². The maximum absolute atomic E-state index is 14.7. The van der Waals surface area contributed by atoms with Gasteiger partial charge in [-0.3, -0.25) is 4.79 Å². The summed E-state index contributed by atoms with van der Waals surface area (Å²) in [6, 6.07) is 5.56. The second-order valence-electron chi connectivity index (χ2n) is 10.9. The van der Waals surface area contributed by atoms with Gasteiger partial charge in [0.05, 0.1) is 5.69 Å². The molecule has 3 heterocycles. The van der Waals surface area contributed by atoms with Crippen LogP contribution in [0.1, 0.15) is 76.3 Å². The number of likely N-dealkylation sites (tertiary alicyclic amines) is 1. The molecule has 2 aromatic heterocycles. The van der Waals surface area contributed by atoms with Crippen molar-refractivity contribution in [3.05, 3.63) is 35.6 Å². The third-order valence-corrected chi connectivity index (χ3v) is 7.92. The van der Waals surface area contributed by atoms with E-state index in [1.54, 1.807) is 6.07 Å². The van der Waals surface area contributed by atoms with Crippen molar-refractivity contribution in [1.82, 2.24) is 24.8 Å². The monoisotopic (exact) mass is 497 g/mol. The van der Waals surface area contributed by atoms with Gasteiger partial charge in [-0.1, -0.05) is 32.4 Å². The first-order valence-electron chi connectivity index (χ1n) is 13.3. The number of hydrogen-bond acceptors (Lipinski definition) is 7. The Morgan fingerprint density at radius 3 is 2.86 bits per heavy atom. The van der Waals surface area contributed by atoms with Crippen LogP contribution >= 0.6 is 0 Å². The van der Waals surface area contributed by atoms with Crippen molar-refractivity contribution in [3.63, 3.8) is 0 Å².